The minimum atomic E-state index is -3.19. The fraction of sp³-hybridized carbons (Fsp3) is 0.750. The molecule has 1 aliphatic heterocycles. The summed E-state index contributed by atoms with van der Waals surface area (Å²) in [6, 6.07) is 0. The van der Waals surface area contributed by atoms with E-state index in [2.05, 4.69) is 20.4 Å². The Hall–Kier alpha value is -0.990. The summed E-state index contributed by atoms with van der Waals surface area (Å²) in [6.07, 6.45) is 3.94. The highest BCUT2D eigenvalue weighted by atomic mass is 32.2. The Kier molecular flexibility index (Phi) is 3.52. The van der Waals surface area contributed by atoms with Crippen LogP contribution in [0.1, 0.15) is 6.42 Å². The first-order valence-corrected chi connectivity index (χ1v) is 6.76. The average Bonchev–Trinajstić information content (AvgIpc) is 2.90. The van der Waals surface area contributed by atoms with Gasteiger partial charge in [-0.2, -0.15) is 0 Å². The summed E-state index contributed by atoms with van der Waals surface area (Å²) < 4.78 is 27.7. The summed E-state index contributed by atoms with van der Waals surface area (Å²) in [7, 11) is -3.19. The summed E-state index contributed by atoms with van der Waals surface area (Å²) in [5, 5.41) is 10.1. The van der Waals surface area contributed by atoms with Gasteiger partial charge in [-0.15, -0.1) is 5.10 Å². The zero-order chi connectivity index (χ0) is 11.4. The van der Waals surface area contributed by atoms with Gasteiger partial charge >= 0.3 is 0 Å². The lowest BCUT2D eigenvalue weighted by molar-refractivity contribution is 0.544. The van der Waals surface area contributed by atoms with E-state index in [1.165, 1.54) is 0 Å². The van der Waals surface area contributed by atoms with Gasteiger partial charge in [0.05, 0.1) is 18.0 Å². The molecule has 90 valence electrons. The van der Waals surface area contributed by atoms with Crippen molar-refractivity contribution in [1.82, 2.24) is 25.0 Å². The smallest absolute Gasteiger partial charge is 0.215 e. The summed E-state index contributed by atoms with van der Waals surface area (Å²) in [5.41, 5.74) is 0. The Labute approximate surface area is 94.3 Å². The van der Waals surface area contributed by atoms with Crippen molar-refractivity contribution in [2.24, 2.45) is 0 Å². The van der Waals surface area contributed by atoms with Gasteiger partial charge in [0.15, 0.2) is 0 Å². The molecule has 2 N–H and O–H groups in total. The van der Waals surface area contributed by atoms with Crippen LogP contribution in [0.4, 0.5) is 0 Å². The van der Waals surface area contributed by atoms with Crippen molar-refractivity contribution < 1.29 is 8.42 Å². The molecule has 1 fully saturated rings. The molecule has 0 aliphatic carbocycles. The zero-order valence-corrected chi connectivity index (χ0v) is 9.65. The number of rotatable bonds is 5. The van der Waals surface area contributed by atoms with Crippen molar-refractivity contribution in [2.45, 2.75) is 18.2 Å². The molecular formula is C8H15N5O2S. The minimum absolute atomic E-state index is 0.303. The average molecular weight is 245 g/mol. The van der Waals surface area contributed by atoms with Crippen molar-refractivity contribution >= 4 is 10.0 Å². The normalized spacial score (nSPS) is 21.4. The van der Waals surface area contributed by atoms with Crippen molar-refractivity contribution in [3.63, 3.8) is 0 Å². The molecule has 2 rings (SSSR count). The Morgan fingerprint density at radius 1 is 1.56 bits per heavy atom. The molecule has 16 heavy (non-hydrogen) atoms. The Morgan fingerprint density at radius 2 is 2.44 bits per heavy atom. The number of aromatic nitrogens is 3. The number of nitrogens with one attached hydrogen (secondary N) is 2. The van der Waals surface area contributed by atoms with E-state index < -0.39 is 10.0 Å². The molecule has 0 saturated carbocycles. The van der Waals surface area contributed by atoms with Crippen molar-refractivity contribution in [3.05, 3.63) is 12.4 Å². The SMILES string of the molecule is O=S(=O)(NCCn1ccnn1)C1CCNC1. The third-order valence-corrected chi connectivity index (χ3v) is 4.46. The van der Waals surface area contributed by atoms with Gasteiger partial charge < -0.3 is 5.32 Å². The number of sulfonamides is 1. The Morgan fingerprint density at radius 3 is 3.06 bits per heavy atom. The van der Waals surface area contributed by atoms with E-state index in [1.54, 1.807) is 17.1 Å². The second kappa shape index (κ2) is 4.89. The quantitative estimate of drug-likeness (QED) is 0.663. The highest BCUT2D eigenvalue weighted by Crippen LogP contribution is 2.07. The van der Waals surface area contributed by atoms with E-state index in [1.807, 2.05) is 0 Å². The van der Waals surface area contributed by atoms with Gasteiger partial charge in [-0.25, -0.2) is 13.1 Å². The van der Waals surface area contributed by atoms with Gasteiger partial charge in [0, 0.05) is 19.3 Å². The van der Waals surface area contributed by atoms with E-state index >= 15 is 0 Å². The molecule has 1 unspecified atom stereocenters. The standard InChI is InChI=1S/C8H15N5O2S/c14-16(15,8-1-2-9-7-8)11-4-6-13-5-3-10-12-13/h3,5,8-9,11H,1-2,4,6-7H2. The lowest BCUT2D eigenvalue weighted by atomic mass is 10.4. The van der Waals surface area contributed by atoms with E-state index in [0.29, 0.717) is 26.1 Å². The molecule has 1 aromatic rings. The first-order valence-electron chi connectivity index (χ1n) is 5.22. The van der Waals surface area contributed by atoms with Gasteiger partial charge in [0.2, 0.25) is 10.0 Å². The predicted octanol–water partition coefficient (Wildman–Crippen LogP) is -1.44. The molecule has 1 saturated heterocycles. The molecule has 2 heterocycles. The van der Waals surface area contributed by atoms with E-state index in [0.717, 1.165) is 6.54 Å². The van der Waals surface area contributed by atoms with E-state index in [-0.39, 0.29) is 5.25 Å². The maximum atomic E-state index is 11.8. The van der Waals surface area contributed by atoms with Crippen LogP contribution in [0.25, 0.3) is 0 Å². The van der Waals surface area contributed by atoms with Gasteiger partial charge in [-0.05, 0) is 13.0 Å². The third-order valence-electron chi connectivity index (χ3n) is 2.57. The van der Waals surface area contributed by atoms with Crippen LogP contribution in [-0.4, -0.2) is 48.3 Å². The molecule has 1 aromatic heterocycles. The van der Waals surface area contributed by atoms with Crippen LogP contribution >= 0.6 is 0 Å². The molecule has 1 aliphatic rings. The molecule has 1 atom stereocenters. The van der Waals surface area contributed by atoms with Crippen LogP contribution < -0.4 is 10.0 Å². The van der Waals surface area contributed by atoms with Crippen LogP contribution in [0.3, 0.4) is 0 Å². The van der Waals surface area contributed by atoms with Crippen molar-refractivity contribution in [3.8, 4) is 0 Å². The minimum Gasteiger partial charge on any atom is -0.315 e. The molecule has 7 nitrogen and oxygen atoms in total. The molecule has 8 heteroatoms. The van der Waals surface area contributed by atoms with Crippen LogP contribution in [0, 0.1) is 0 Å². The monoisotopic (exact) mass is 245 g/mol. The molecule has 0 aromatic carbocycles. The van der Waals surface area contributed by atoms with Crippen LogP contribution in [-0.2, 0) is 16.6 Å². The molecule has 0 amide bonds. The number of hydrogen-bond acceptors (Lipinski definition) is 5. The Balaban J connectivity index is 1.80. The van der Waals surface area contributed by atoms with Gasteiger partial charge in [0.1, 0.15) is 0 Å². The van der Waals surface area contributed by atoms with Crippen molar-refractivity contribution in [1.29, 1.82) is 0 Å². The molecule has 0 bridgehead atoms. The maximum absolute atomic E-state index is 11.8. The van der Waals surface area contributed by atoms with Gasteiger partial charge in [-0.3, -0.25) is 4.68 Å². The van der Waals surface area contributed by atoms with Crippen LogP contribution in [0.2, 0.25) is 0 Å². The fourth-order valence-electron chi connectivity index (χ4n) is 1.67. The predicted molar refractivity (Wildman–Crippen MR) is 58.2 cm³/mol. The number of hydrogen-bond donors (Lipinski definition) is 2. The lowest BCUT2D eigenvalue weighted by Crippen LogP contribution is -2.37. The topological polar surface area (TPSA) is 88.9 Å². The second-order valence-electron chi connectivity index (χ2n) is 3.72. The highest BCUT2D eigenvalue weighted by Gasteiger charge is 2.27. The number of nitrogens with zero attached hydrogens (tertiary/aromatic N) is 3. The summed E-state index contributed by atoms with van der Waals surface area (Å²) in [4.78, 5) is 0. The first-order chi connectivity index (χ1) is 7.68. The fourth-order valence-corrected chi connectivity index (χ4v) is 3.04. The van der Waals surface area contributed by atoms with Gasteiger partial charge in [0.25, 0.3) is 0 Å². The summed E-state index contributed by atoms with van der Waals surface area (Å²) in [5.74, 6) is 0. The second-order valence-corrected chi connectivity index (χ2v) is 5.77. The van der Waals surface area contributed by atoms with E-state index in [4.69, 9.17) is 0 Å². The summed E-state index contributed by atoms with van der Waals surface area (Å²) >= 11 is 0. The lowest BCUT2D eigenvalue weighted by Gasteiger charge is -2.11. The molecule has 0 radical (unpaired) electrons. The largest absolute Gasteiger partial charge is 0.315 e. The molecular weight excluding hydrogens is 230 g/mol. The highest BCUT2D eigenvalue weighted by molar-refractivity contribution is 7.90. The summed E-state index contributed by atoms with van der Waals surface area (Å²) in [6.45, 7) is 2.16. The van der Waals surface area contributed by atoms with E-state index in [9.17, 15) is 8.42 Å². The van der Waals surface area contributed by atoms with Crippen LogP contribution in [0.15, 0.2) is 12.4 Å². The van der Waals surface area contributed by atoms with Gasteiger partial charge in [-0.1, -0.05) is 5.21 Å². The third kappa shape index (κ3) is 2.77. The zero-order valence-electron chi connectivity index (χ0n) is 8.83. The van der Waals surface area contributed by atoms with Crippen LogP contribution in [0.5, 0.6) is 0 Å². The first kappa shape index (κ1) is 11.5. The molecule has 0 spiro atoms. The Bertz CT molecular complexity index is 410. The van der Waals surface area contributed by atoms with Crippen molar-refractivity contribution in [2.75, 3.05) is 19.6 Å². The maximum Gasteiger partial charge on any atom is 0.215 e.